The molecule has 0 aromatic carbocycles. The summed E-state index contributed by atoms with van der Waals surface area (Å²) in [5.74, 6) is 0. The van der Waals surface area contributed by atoms with Gasteiger partial charge in [0.25, 0.3) is 0 Å². The lowest BCUT2D eigenvalue weighted by atomic mass is 10.2. The van der Waals surface area contributed by atoms with Crippen LogP contribution in [0.2, 0.25) is 0 Å². The molecule has 0 aromatic rings. The van der Waals surface area contributed by atoms with E-state index in [0.29, 0.717) is 0 Å². The molecule has 2 amide bonds. The highest BCUT2D eigenvalue weighted by Crippen LogP contribution is 2.47. The Morgan fingerprint density at radius 2 is 1.92 bits per heavy atom. The Morgan fingerprint density at radius 3 is 2.42 bits per heavy atom. The molecule has 1 heterocycles. The van der Waals surface area contributed by atoms with Gasteiger partial charge in [0.05, 0.1) is 25.4 Å². The molecule has 1 unspecified atom stereocenters. The maximum Gasteiger partial charge on any atom is 0.420 e. The van der Waals surface area contributed by atoms with Crippen LogP contribution in [0.15, 0.2) is 12.2 Å². The number of imide groups is 1. The molecule has 1 aliphatic rings. The Morgan fingerprint density at radius 1 is 1.33 bits per heavy atom. The van der Waals surface area contributed by atoms with Crippen molar-refractivity contribution in [3.8, 4) is 0 Å². The van der Waals surface area contributed by atoms with E-state index in [1.165, 1.54) is 0 Å². The summed E-state index contributed by atoms with van der Waals surface area (Å²) in [4.78, 5) is 24.8. The van der Waals surface area contributed by atoms with E-state index in [1.807, 2.05) is 0 Å². The summed E-state index contributed by atoms with van der Waals surface area (Å²) in [5.41, 5.74) is -0.728. The van der Waals surface area contributed by atoms with Gasteiger partial charge in [0.1, 0.15) is 12.2 Å². The summed E-state index contributed by atoms with van der Waals surface area (Å²) in [6.45, 7) is 9.11. The molecule has 8 nitrogen and oxygen atoms in total. The van der Waals surface area contributed by atoms with Gasteiger partial charge in [0.2, 0.25) is 0 Å². The van der Waals surface area contributed by atoms with Gasteiger partial charge in [-0.05, 0) is 34.6 Å². The number of rotatable bonds is 7. The van der Waals surface area contributed by atoms with Gasteiger partial charge in [-0.15, -0.1) is 0 Å². The normalized spacial score (nSPS) is 19.0. The molecular formula is C15H26NO7P. The van der Waals surface area contributed by atoms with Crippen LogP contribution in [0.1, 0.15) is 34.6 Å². The van der Waals surface area contributed by atoms with E-state index in [1.54, 1.807) is 46.8 Å². The van der Waals surface area contributed by atoms with Crippen molar-refractivity contribution in [1.29, 1.82) is 0 Å². The van der Waals surface area contributed by atoms with E-state index in [0.717, 1.165) is 4.90 Å². The Hall–Kier alpha value is -1.37. The van der Waals surface area contributed by atoms with Crippen LogP contribution in [0, 0.1) is 0 Å². The molecule has 0 radical (unpaired) electrons. The fourth-order valence-electron chi connectivity index (χ4n) is 1.98. The Bertz CT molecular complexity index is 516. The second kappa shape index (κ2) is 8.65. The minimum Gasteiger partial charge on any atom is -0.446 e. The summed E-state index contributed by atoms with van der Waals surface area (Å²) in [5, 5.41) is 0. The van der Waals surface area contributed by atoms with Gasteiger partial charge in [-0.3, -0.25) is 4.57 Å². The molecule has 24 heavy (non-hydrogen) atoms. The van der Waals surface area contributed by atoms with Gasteiger partial charge in [0, 0.05) is 0 Å². The predicted molar refractivity (Wildman–Crippen MR) is 88.1 cm³/mol. The largest absolute Gasteiger partial charge is 0.446 e. The van der Waals surface area contributed by atoms with Crippen molar-refractivity contribution < 1.29 is 32.7 Å². The van der Waals surface area contributed by atoms with Gasteiger partial charge in [-0.1, -0.05) is 12.2 Å². The van der Waals surface area contributed by atoms with Crippen molar-refractivity contribution in [3.05, 3.63) is 12.2 Å². The molecule has 9 heteroatoms. The number of hydrogen-bond acceptors (Lipinski definition) is 7. The number of amides is 2. The SMILES string of the molecule is CCOP(=O)(CC=CC1COC(=O)N1C(=O)OC(C)(C)C)OCC. The minimum atomic E-state index is -3.22. The molecule has 1 saturated heterocycles. The minimum absolute atomic E-state index is 0.0160. The number of cyclic esters (lactones) is 1. The highest BCUT2D eigenvalue weighted by atomic mass is 31.2. The summed E-state index contributed by atoms with van der Waals surface area (Å²) in [6, 6.07) is -0.621. The molecule has 0 aliphatic carbocycles. The molecule has 0 N–H and O–H groups in total. The third kappa shape index (κ3) is 6.26. The topological polar surface area (TPSA) is 91.4 Å². The van der Waals surface area contributed by atoms with Gasteiger partial charge < -0.3 is 18.5 Å². The third-order valence-electron chi connectivity index (χ3n) is 2.83. The molecule has 1 fully saturated rings. The van der Waals surface area contributed by atoms with E-state index in [-0.39, 0.29) is 26.0 Å². The smallest absolute Gasteiger partial charge is 0.420 e. The van der Waals surface area contributed by atoms with Crippen LogP contribution < -0.4 is 0 Å². The molecular weight excluding hydrogens is 337 g/mol. The molecule has 0 spiro atoms. The summed E-state index contributed by atoms with van der Waals surface area (Å²) in [6.07, 6.45) is 1.63. The zero-order chi connectivity index (χ0) is 18.4. The van der Waals surface area contributed by atoms with Crippen LogP contribution in [0.5, 0.6) is 0 Å². The highest BCUT2D eigenvalue weighted by Gasteiger charge is 2.39. The second-order valence-electron chi connectivity index (χ2n) is 6.05. The van der Waals surface area contributed by atoms with E-state index < -0.39 is 31.4 Å². The van der Waals surface area contributed by atoms with Gasteiger partial charge >= 0.3 is 19.8 Å². The molecule has 1 aliphatic heterocycles. The lowest BCUT2D eigenvalue weighted by Crippen LogP contribution is -2.41. The first-order valence-electron chi connectivity index (χ1n) is 7.85. The second-order valence-corrected chi connectivity index (χ2v) is 8.16. The molecule has 138 valence electrons. The highest BCUT2D eigenvalue weighted by molar-refractivity contribution is 7.54. The monoisotopic (exact) mass is 363 g/mol. The zero-order valence-electron chi connectivity index (χ0n) is 14.8. The fourth-order valence-corrected chi connectivity index (χ4v) is 3.43. The molecule has 0 aromatic heterocycles. The van der Waals surface area contributed by atoms with Gasteiger partial charge in [0.15, 0.2) is 0 Å². The third-order valence-corrected chi connectivity index (χ3v) is 4.80. The quantitative estimate of drug-likeness (QED) is 0.504. The van der Waals surface area contributed by atoms with Crippen molar-refractivity contribution in [1.82, 2.24) is 4.90 Å². The number of nitrogens with zero attached hydrogens (tertiary/aromatic N) is 1. The average Bonchev–Trinajstić information content (AvgIpc) is 2.78. The van der Waals surface area contributed by atoms with E-state index in [4.69, 9.17) is 18.5 Å². The maximum absolute atomic E-state index is 12.4. The number of allylic oxidation sites excluding steroid dienone is 1. The molecule has 0 bridgehead atoms. The zero-order valence-corrected chi connectivity index (χ0v) is 15.7. The molecule has 1 rings (SSSR count). The van der Waals surface area contributed by atoms with Gasteiger partial charge in [-0.25, -0.2) is 14.5 Å². The van der Waals surface area contributed by atoms with E-state index in [2.05, 4.69) is 0 Å². The summed E-state index contributed by atoms with van der Waals surface area (Å²) in [7, 11) is -3.22. The first-order valence-corrected chi connectivity index (χ1v) is 9.58. The number of carbonyl (C=O) groups excluding carboxylic acids is 2. The lowest BCUT2D eigenvalue weighted by molar-refractivity contribution is 0.0312. The van der Waals surface area contributed by atoms with E-state index in [9.17, 15) is 14.2 Å². The summed E-state index contributed by atoms with van der Waals surface area (Å²) < 4.78 is 32.8. The van der Waals surface area contributed by atoms with Crippen LogP contribution in [-0.4, -0.2) is 54.7 Å². The van der Waals surface area contributed by atoms with E-state index >= 15 is 0 Å². The number of carbonyl (C=O) groups is 2. The number of ether oxygens (including phenoxy) is 2. The van der Waals surface area contributed by atoms with Crippen LogP contribution >= 0.6 is 7.60 Å². The summed E-state index contributed by atoms with van der Waals surface area (Å²) >= 11 is 0. The molecule has 1 atom stereocenters. The first kappa shape index (κ1) is 20.7. The van der Waals surface area contributed by atoms with Crippen LogP contribution in [0.25, 0.3) is 0 Å². The Kier molecular flexibility index (Phi) is 7.45. The van der Waals surface area contributed by atoms with Crippen molar-refractivity contribution in [2.24, 2.45) is 0 Å². The average molecular weight is 363 g/mol. The molecule has 0 saturated carbocycles. The van der Waals surface area contributed by atoms with Crippen molar-refractivity contribution >= 4 is 19.8 Å². The lowest BCUT2D eigenvalue weighted by Gasteiger charge is -2.24. The van der Waals surface area contributed by atoms with Crippen LogP contribution in [0.4, 0.5) is 9.59 Å². The number of hydrogen-bond donors (Lipinski definition) is 0. The predicted octanol–water partition coefficient (Wildman–Crippen LogP) is 3.56. The maximum atomic E-state index is 12.4. The van der Waals surface area contributed by atoms with Crippen molar-refractivity contribution in [3.63, 3.8) is 0 Å². The Labute approximate surface area is 142 Å². The standard InChI is InChI=1S/C15H26NO7P/c1-6-21-24(19,22-7-2)10-8-9-12-11-20-13(17)16(12)14(18)23-15(3,4)5/h8-9,12H,6-7,10-11H2,1-5H3. The van der Waals surface area contributed by atoms with Crippen LogP contribution in [-0.2, 0) is 23.1 Å². The van der Waals surface area contributed by atoms with Crippen LogP contribution in [0.3, 0.4) is 0 Å². The van der Waals surface area contributed by atoms with Crippen molar-refractivity contribution in [2.75, 3.05) is 26.0 Å². The van der Waals surface area contributed by atoms with Crippen molar-refractivity contribution in [2.45, 2.75) is 46.3 Å². The fraction of sp³-hybridized carbons (Fsp3) is 0.733. The first-order chi connectivity index (χ1) is 11.1. The Balaban J connectivity index is 2.75. The van der Waals surface area contributed by atoms with Gasteiger partial charge in [-0.2, -0.15) is 0 Å².